The van der Waals surface area contributed by atoms with E-state index in [-0.39, 0.29) is 11.7 Å². The molecule has 104 valence electrons. The van der Waals surface area contributed by atoms with Gasteiger partial charge in [0.1, 0.15) is 17.6 Å². The van der Waals surface area contributed by atoms with E-state index in [9.17, 15) is 4.79 Å². The van der Waals surface area contributed by atoms with Gasteiger partial charge in [-0.3, -0.25) is 4.79 Å². The standard InChI is InChI=1S/C14H17BrO4/c1-8-4-5-19-14(8)13(16)12-10(15)6-9(17-2)7-11(12)18-3/h6-8,14H,4-5H2,1-3H3. The predicted molar refractivity (Wildman–Crippen MR) is 75.1 cm³/mol. The fourth-order valence-corrected chi connectivity index (χ4v) is 2.87. The molecule has 4 nitrogen and oxygen atoms in total. The second kappa shape index (κ2) is 5.92. The molecule has 0 amide bonds. The summed E-state index contributed by atoms with van der Waals surface area (Å²) < 4.78 is 16.7. The van der Waals surface area contributed by atoms with Crippen LogP contribution in [0.15, 0.2) is 16.6 Å². The molecule has 1 fully saturated rings. The Morgan fingerprint density at radius 1 is 1.37 bits per heavy atom. The smallest absolute Gasteiger partial charge is 0.196 e. The number of ether oxygens (including phenoxy) is 3. The third-order valence-electron chi connectivity index (χ3n) is 3.38. The number of rotatable bonds is 4. The molecule has 1 saturated heterocycles. The highest BCUT2D eigenvalue weighted by molar-refractivity contribution is 9.10. The second-order valence-electron chi connectivity index (χ2n) is 4.61. The monoisotopic (exact) mass is 328 g/mol. The number of carbonyl (C=O) groups excluding carboxylic acids is 1. The molecular weight excluding hydrogens is 312 g/mol. The number of hydrogen-bond acceptors (Lipinski definition) is 4. The highest BCUT2D eigenvalue weighted by atomic mass is 79.9. The molecule has 0 N–H and O–H groups in total. The van der Waals surface area contributed by atoms with E-state index >= 15 is 0 Å². The third-order valence-corrected chi connectivity index (χ3v) is 4.00. The van der Waals surface area contributed by atoms with Gasteiger partial charge in [-0.2, -0.15) is 0 Å². The molecule has 1 aromatic carbocycles. The zero-order valence-corrected chi connectivity index (χ0v) is 12.8. The van der Waals surface area contributed by atoms with Crippen LogP contribution < -0.4 is 9.47 Å². The SMILES string of the molecule is COc1cc(Br)c(C(=O)C2OCCC2C)c(OC)c1. The Kier molecular flexibility index (Phi) is 4.47. The Balaban J connectivity index is 2.40. The van der Waals surface area contributed by atoms with E-state index in [0.29, 0.717) is 28.1 Å². The minimum atomic E-state index is -0.390. The van der Waals surface area contributed by atoms with Crippen molar-refractivity contribution in [2.45, 2.75) is 19.4 Å². The van der Waals surface area contributed by atoms with E-state index < -0.39 is 6.10 Å². The third kappa shape index (κ3) is 2.77. The van der Waals surface area contributed by atoms with Gasteiger partial charge in [0.25, 0.3) is 0 Å². The van der Waals surface area contributed by atoms with Gasteiger partial charge < -0.3 is 14.2 Å². The minimum Gasteiger partial charge on any atom is -0.497 e. The molecule has 0 aromatic heterocycles. The summed E-state index contributed by atoms with van der Waals surface area (Å²) in [5.41, 5.74) is 0.516. The topological polar surface area (TPSA) is 44.8 Å². The molecular formula is C14H17BrO4. The van der Waals surface area contributed by atoms with Gasteiger partial charge in [-0.1, -0.05) is 6.92 Å². The predicted octanol–water partition coefficient (Wildman–Crippen LogP) is 3.07. The van der Waals surface area contributed by atoms with Gasteiger partial charge >= 0.3 is 0 Å². The van der Waals surface area contributed by atoms with Crippen LogP contribution in [-0.4, -0.2) is 32.7 Å². The lowest BCUT2D eigenvalue weighted by atomic mass is 9.95. The van der Waals surface area contributed by atoms with Crippen LogP contribution in [0.4, 0.5) is 0 Å². The van der Waals surface area contributed by atoms with Gasteiger partial charge in [0.05, 0.1) is 19.8 Å². The molecule has 1 aromatic rings. The van der Waals surface area contributed by atoms with E-state index in [0.717, 1.165) is 6.42 Å². The van der Waals surface area contributed by atoms with Gasteiger partial charge in [-0.25, -0.2) is 0 Å². The molecule has 19 heavy (non-hydrogen) atoms. The van der Waals surface area contributed by atoms with Crippen LogP contribution in [0.25, 0.3) is 0 Å². The summed E-state index contributed by atoms with van der Waals surface area (Å²) in [5.74, 6) is 1.32. The molecule has 5 heteroatoms. The quantitative estimate of drug-likeness (QED) is 0.797. The van der Waals surface area contributed by atoms with Gasteiger partial charge in [-0.15, -0.1) is 0 Å². The van der Waals surface area contributed by atoms with Crippen molar-refractivity contribution in [1.82, 2.24) is 0 Å². The molecule has 0 bridgehead atoms. The van der Waals surface area contributed by atoms with E-state index in [4.69, 9.17) is 14.2 Å². The molecule has 0 radical (unpaired) electrons. The van der Waals surface area contributed by atoms with Gasteiger partial charge in [0, 0.05) is 17.1 Å². The molecule has 0 aliphatic carbocycles. The zero-order valence-electron chi connectivity index (χ0n) is 11.2. The Morgan fingerprint density at radius 2 is 2.11 bits per heavy atom. The Hall–Kier alpha value is -1.07. The zero-order chi connectivity index (χ0) is 14.0. The first-order valence-corrected chi connectivity index (χ1v) is 6.95. The van der Waals surface area contributed by atoms with Crippen molar-refractivity contribution in [1.29, 1.82) is 0 Å². The first-order chi connectivity index (χ1) is 9.08. The Bertz CT molecular complexity index is 487. The molecule has 2 unspecified atom stereocenters. The van der Waals surface area contributed by atoms with Gasteiger partial charge in [0.15, 0.2) is 5.78 Å². The van der Waals surface area contributed by atoms with Crippen molar-refractivity contribution >= 4 is 21.7 Å². The van der Waals surface area contributed by atoms with Crippen LogP contribution in [-0.2, 0) is 4.74 Å². The molecule has 2 rings (SSSR count). The Morgan fingerprint density at radius 3 is 2.63 bits per heavy atom. The van der Waals surface area contributed by atoms with Crippen molar-refractivity contribution in [2.24, 2.45) is 5.92 Å². The maximum atomic E-state index is 12.6. The fourth-order valence-electron chi connectivity index (χ4n) is 2.25. The van der Waals surface area contributed by atoms with Gasteiger partial charge in [0.2, 0.25) is 0 Å². The number of carbonyl (C=O) groups is 1. The van der Waals surface area contributed by atoms with Crippen LogP contribution in [0.5, 0.6) is 11.5 Å². The van der Waals surface area contributed by atoms with Crippen molar-refractivity contribution in [3.63, 3.8) is 0 Å². The largest absolute Gasteiger partial charge is 0.497 e. The lowest BCUT2D eigenvalue weighted by molar-refractivity contribution is 0.0575. The van der Waals surface area contributed by atoms with E-state index in [2.05, 4.69) is 15.9 Å². The Labute approximate surface area is 121 Å². The summed E-state index contributed by atoms with van der Waals surface area (Å²) in [5, 5.41) is 0. The van der Waals surface area contributed by atoms with Crippen molar-refractivity contribution in [3.8, 4) is 11.5 Å². The van der Waals surface area contributed by atoms with Crippen LogP contribution in [0.3, 0.4) is 0 Å². The van der Waals surface area contributed by atoms with E-state index in [1.807, 2.05) is 6.92 Å². The van der Waals surface area contributed by atoms with E-state index in [1.165, 1.54) is 7.11 Å². The van der Waals surface area contributed by atoms with Crippen molar-refractivity contribution < 1.29 is 19.0 Å². The summed E-state index contributed by atoms with van der Waals surface area (Å²) >= 11 is 3.41. The molecule has 0 spiro atoms. The van der Waals surface area contributed by atoms with Crippen LogP contribution >= 0.6 is 15.9 Å². The van der Waals surface area contributed by atoms with Crippen LogP contribution in [0.1, 0.15) is 23.7 Å². The number of methoxy groups -OCH3 is 2. The van der Waals surface area contributed by atoms with Crippen LogP contribution in [0.2, 0.25) is 0 Å². The number of halogens is 1. The van der Waals surface area contributed by atoms with Crippen molar-refractivity contribution in [3.05, 3.63) is 22.2 Å². The van der Waals surface area contributed by atoms with E-state index in [1.54, 1.807) is 19.2 Å². The summed E-state index contributed by atoms with van der Waals surface area (Å²) in [6, 6.07) is 3.47. The number of Topliss-reactive ketones (excluding diaryl/α,β-unsaturated/α-hetero) is 1. The minimum absolute atomic E-state index is 0.0450. The van der Waals surface area contributed by atoms with Gasteiger partial charge in [-0.05, 0) is 34.3 Å². The number of benzene rings is 1. The molecule has 0 saturated carbocycles. The number of hydrogen-bond donors (Lipinski definition) is 0. The second-order valence-corrected chi connectivity index (χ2v) is 5.46. The average Bonchev–Trinajstić information content (AvgIpc) is 2.83. The highest BCUT2D eigenvalue weighted by Crippen LogP contribution is 2.35. The van der Waals surface area contributed by atoms with Crippen molar-refractivity contribution in [2.75, 3.05) is 20.8 Å². The lowest BCUT2D eigenvalue weighted by Gasteiger charge is -2.17. The number of ketones is 1. The fraction of sp³-hybridized carbons (Fsp3) is 0.500. The average molecular weight is 329 g/mol. The first-order valence-electron chi connectivity index (χ1n) is 6.15. The molecule has 1 heterocycles. The molecule has 1 aliphatic rings. The van der Waals surface area contributed by atoms with Crippen LogP contribution in [0, 0.1) is 5.92 Å². The normalized spacial score (nSPS) is 22.3. The first kappa shape index (κ1) is 14.3. The summed E-state index contributed by atoms with van der Waals surface area (Å²) in [6.07, 6.45) is 0.519. The summed E-state index contributed by atoms with van der Waals surface area (Å²) in [7, 11) is 3.11. The summed E-state index contributed by atoms with van der Waals surface area (Å²) in [4.78, 5) is 12.6. The lowest BCUT2D eigenvalue weighted by Crippen LogP contribution is -2.26. The summed E-state index contributed by atoms with van der Waals surface area (Å²) in [6.45, 7) is 2.66. The molecule has 1 aliphatic heterocycles. The molecule has 2 atom stereocenters. The maximum Gasteiger partial charge on any atom is 0.196 e. The maximum absolute atomic E-state index is 12.6. The highest BCUT2D eigenvalue weighted by Gasteiger charge is 2.34.